The molecule has 1 N–H and O–H groups in total. The third kappa shape index (κ3) is 5.81. The number of rotatable bonds is 9. The Balaban J connectivity index is 0.00000363. The first-order chi connectivity index (χ1) is 14.9. The second-order valence-electron chi connectivity index (χ2n) is 7.58. The fourth-order valence-electron chi connectivity index (χ4n) is 3.17. The number of halogens is 1. The van der Waals surface area contributed by atoms with Gasteiger partial charge in [0.15, 0.2) is 0 Å². The average Bonchev–Trinajstić information content (AvgIpc) is 3.03. The second kappa shape index (κ2) is 11.5. The van der Waals surface area contributed by atoms with Gasteiger partial charge in [0.2, 0.25) is 0 Å². The van der Waals surface area contributed by atoms with Crippen molar-refractivity contribution in [1.29, 1.82) is 0 Å². The molecule has 7 nitrogen and oxygen atoms in total. The molecule has 0 aromatic heterocycles. The molecule has 0 spiro atoms. The van der Waals surface area contributed by atoms with E-state index in [9.17, 15) is 9.59 Å². The van der Waals surface area contributed by atoms with E-state index < -0.39 is 11.8 Å². The lowest BCUT2D eigenvalue weighted by molar-refractivity contribution is -0.117. The summed E-state index contributed by atoms with van der Waals surface area (Å²) in [4.78, 5) is 27.5. The zero-order valence-corrected chi connectivity index (χ0v) is 19.7. The summed E-state index contributed by atoms with van der Waals surface area (Å²) in [6.45, 7) is 5.77. The van der Waals surface area contributed by atoms with Crippen LogP contribution in [-0.4, -0.2) is 50.6 Å². The number of benzene rings is 2. The number of carbonyl (C=O) groups is 2. The monoisotopic (exact) mass is 459 g/mol. The molecule has 172 valence electrons. The van der Waals surface area contributed by atoms with E-state index in [0.29, 0.717) is 30.2 Å². The summed E-state index contributed by atoms with van der Waals surface area (Å²) < 4.78 is 11.9. The fourth-order valence-corrected chi connectivity index (χ4v) is 3.17. The van der Waals surface area contributed by atoms with Crippen LogP contribution in [0.5, 0.6) is 11.5 Å². The van der Waals surface area contributed by atoms with Gasteiger partial charge in [-0.05, 0) is 57.8 Å². The van der Waals surface area contributed by atoms with Crippen LogP contribution in [0.4, 0.5) is 5.69 Å². The SMILES string of the molecule is CCCOc1ccc(C=C2C(=O)NN(c3ccccc3)C2=O)c(OCCN(C)C)c1C.Cl. The number of nitrogens with zero attached hydrogens (tertiary/aromatic N) is 2. The van der Waals surface area contributed by atoms with Gasteiger partial charge in [0.05, 0.1) is 12.3 Å². The molecule has 0 radical (unpaired) electrons. The number of ether oxygens (including phenoxy) is 2. The number of nitrogens with one attached hydrogen (secondary N) is 1. The predicted molar refractivity (Wildman–Crippen MR) is 128 cm³/mol. The van der Waals surface area contributed by atoms with Crippen LogP contribution in [0.15, 0.2) is 48.0 Å². The van der Waals surface area contributed by atoms with E-state index in [2.05, 4.69) is 5.43 Å². The van der Waals surface area contributed by atoms with E-state index in [-0.39, 0.29) is 18.0 Å². The number of hydrogen-bond donors (Lipinski definition) is 1. The standard InChI is InChI=1S/C24H29N3O4.ClH/c1-5-14-30-21-12-11-18(22(17(21)2)31-15-13-26(3)4)16-20-23(28)25-27(24(20)29)19-9-7-6-8-10-19;/h6-12,16H,5,13-15H2,1-4H3,(H,25,28);1H. The van der Waals surface area contributed by atoms with Crippen molar-refractivity contribution in [1.82, 2.24) is 10.3 Å². The lowest BCUT2D eigenvalue weighted by Gasteiger charge is -2.18. The number of likely N-dealkylation sites (N-methyl/N-ethyl adjacent to an activating group) is 1. The summed E-state index contributed by atoms with van der Waals surface area (Å²) in [5.74, 6) is 0.496. The maximum atomic E-state index is 12.9. The number of anilines is 1. The highest BCUT2D eigenvalue weighted by molar-refractivity contribution is 6.31. The topological polar surface area (TPSA) is 71.1 Å². The Morgan fingerprint density at radius 2 is 1.75 bits per heavy atom. The number of carbonyl (C=O) groups excluding carboxylic acids is 2. The third-order valence-electron chi connectivity index (χ3n) is 4.84. The highest BCUT2D eigenvalue weighted by atomic mass is 35.5. The smallest absolute Gasteiger partial charge is 0.282 e. The van der Waals surface area contributed by atoms with E-state index in [1.165, 1.54) is 5.01 Å². The highest BCUT2D eigenvalue weighted by Gasteiger charge is 2.34. The minimum atomic E-state index is -0.447. The molecule has 32 heavy (non-hydrogen) atoms. The quantitative estimate of drug-likeness (QED) is 0.458. The first kappa shape index (κ1) is 25.2. The van der Waals surface area contributed by atoms with Gasteiger partial charge in [-0.15, -0.1) is 12.4 Å². The molecule has 3 rings (SSSR count). The van der Waals surface area contributed by atoms with E-state index in [4.69, 9.17) is 9.47 Å². The third-order valence-corrected chi connectivity index (χ3v) is 4.84. The Bertz CT molecular complexity index is 977. The summed E-state index contributed by atoms with van der Waals surface area (Å²) in [6, 6.07) is 12.7. The molecule has 1 aliphatic heterocycles. The summed E-state index contributed by atoms with van der Waals surface area (Å²) in [7, 11) is 3.94. The Kier molecular flexibility index (Phi) is 9.11. The van der Waals surface area contributed by atoms with Gasteiger partial charge in [0.1, 0.15) is 23.7 Å². The average molecular weight is 460 g/mol. The summed E-state index contributed by atoms with van der Waals surface area (Å²) in [5, 5.41) is 1.26. The molecule has 0 saturated carbocycles. The first-order valence-electron chi connectivity index (χ1n) is 10.4. The van der Waals surface area contributed by atoms with Crippen LogP contribution in [0.25, 0.3) is 6.08 Å². The largest absolute Gasteiger partial charge is 0.493 e. The molecule has 1 saturated heterocycles. The molecule has 2 amide bonds. The van der Waals surface area contributed by atoms with Crippen molar-refractivity contribution < 1.29 is 19.1 Å². The lowest BCUT2D eigenvalue weighted by Crippen LogP contribution is -2.35. The molecule has 2 aromatic carbocycles. The van der Waals surface area contributed by atoms with Gasteiger partial charge >= 0.3 is 0 Å². The van der Waals surface area contributed by atoms with Crippen molar-refractivity contribution in [3.05, 3.63) is 59.2 Å². The van der Waals surface area contributed by atoms with Crippen molar-refractivity contribution >= 4 is 36.0 Å². The van der Waals surface area contributed by atoms with Crippen molar-refractivity contribution in [2.45, 2.75) is 20.3 Å². The number of para-hydroxylation sites is 1. The van der Waals surface area contributed by atoms with Crippen molar-refractivity contribution in [3.8, 4) is 11.5 Å². The number of hydrogen-bond acceptors (Lipinski definition) is 5. The van der Waals surface area contributed by atoms with Crippen LogP contribution in [0, 0.1) is 6.92 Å². The normalized spacial score (nSPS) is 14.5. The van der Waals surface area contributed by atoms with E-state index >= 15 is 0 Å². The van der Waals surface area contributed by atoms with Gasteiger partial charge < -0.3 is 14.4 Å². The Morgan fingerprint density at radius 3 is 2.41 bits per heavy atom. The van der Waals surface area contributed by atoms with Crippen LogP contribution >= 0.6 is 12.4 Å². The molecule has 0 aliphatic carbocycles. The van der Waals surface area contributed by atoms with Crippen LogP contribution in [0.3, 0.4) is 0 Å². The molecular formula is C24H30ClN3O4. The van der Waals surface area contributed by atoms with Crippen LogP contribution in [0.1, 0.15) is 24.5 Å². The first-order valence-corrected chi connectivity index (χ1v) is 10.4. The minimum absolute atomic E-state index is 0. The van der Waals surface area contributed by atoms with Gasteiger partial charge in [-0.3, -0.25) is 15.0 Å². The summed E-state index contributed by atoms with van der Waals surface area (Å²) >= 11 is 0. The highest BCUT2D eigenvalue weighted by Crippen LogP contribution is 2.34. The Hall–Kier alpha value is -3.03. The maximum Gasteiger partial charge on any atom is 0.282 e. The molecule has 0 bridgehead atoms. The maximum absolute atomic E-state index is 12.9. The molecule has 1 aliphatic rings. The Morgan fingerprint density at radius 1 is 1.03 bits per heavy atom. The van der Waals surface area contributed by atoms with Crippen LogP contribution in [0.2, 0.25) is 0 Å². The minimum Gasteiger partial charge on any atom is -0.493 e. The second-order valence-corrected chi connectivity index (χ2v) is 7.58. The zero-order valence-electron chi connectivity index (χ0n) is 18.9. The van der Waals surface area contributed by atoms with Gasteiger partial charge in [-0.25, -0.2) is 5.01 Å². The molecule has 1 heterocycles. The Labute approximate surface area is 195 Å². The van der Waals surface area contributed by atoms with Gasteiger partial charge in [0.25, 0.3) is 11.8 Å². The molecule has 1 fully saturated rings. The molecule has 8 heteroatoms. The number of hydrazine groups is 1. The van der Waals surface area contributed by atoms with Crippen LogP contribution in [-0.2, 0) is 9.59 Å². The van der Waals surface area contributed by atoms with Crippen molar-refractivity contribution in [2.75, 3.05) is 38.9 Å². The van der Waals surface area contributed by atoms with E-state index in [1.54, 1.807) is 18.2 Å². The van der Waals surface area contributed by atoms with Gasteiger partial charge in [-0.1, -0.05) is 25.1 Å². The number of amides is 2. The van der Waals surface area contributed by atoms with Gasteiger partial charge in [0, 0.05) is 17.7 Å². The summed E-state index contributed by atoms with van der Waals surface area (Å²) in [5.41, 5.74) is 4.79. The van der Waals surface area contributed by atoms with Crippen molar-refractivity contribution in [2.24, 2.45) is 0 Å². The zero-order chi connectivity index (χ0) is 22.4. The predicted octanol–water partition coefficient (Wildman–Crippen LogP) is 3.61. The fraction of sp³-hybridized carbons (Fsp3) is 0.333. The van der Waals surface area contributed by atoms with Crippen LogP contribution < -0.4 is 19.9 Å². The van der Waals surface area contributed by atoms with Gasteiger partial charge in [-0.2, -0.15) is 0 Å². The molecule has 0 unspecified atom stereocenters. The molecular weight excluding hydrogens is 430 g/mol. The van der Waals surface area contributed by atoms with Crippen molar-refractivity contribution in [3.63, 3.8) is 0 Å². The molecule has 0 atom stereocenters. The lowest BCUT2D eigenvalue weighted by atomic mass is 10.0. The van der Waals surface area contributed by atoms with E-state index in [1.807, 2.05) is 63.2 Å². The molecule has 2 aromatic rings. The van der Waals surface area contributed by atoms with E-state index in [0.717, 1.165) is 24.3 Å². The summed E-state index contributed by atoms with van der Waals surface area (Å²) in [6.07, 6.45) is 2.48.